The molecule has 0 aliphatic carbocycles. The first-order valence-corrected chi connectivity index (χ1v) is 8.49. The minimum absolute atomic E-state index is 0.238. The molecule has 0 fully saturated rings. The van der Waals surface area contributed by atoms with Crippen LogP contribution in [-0.4, -0.2) is 11.1 Å². The molecule has 2 amide bonds. The first-order chi connectivity index (χ1) is 11.5. The zero-order valence-corrected chi connectivity index (χ0v) is 15.9. The standard InChI is InChI=1S/C21H28N2O2/c1-20(2,3)16-12-15(13-17(18(16)24)21(4,5)6)23-19(25)22-14-10-8-7-9-11-14/h7-13,24H,1-6H3,(H2,22,23,25). The van der Waals surface area contributed by atoms with Crippen molar-refractivity contribution < 1.29 is 9.90 Å². The highest BCUT2D eigenvalue weighted by molar-refractivity contribution is 6.00. The van der Waals surface area contributed by atoms with Crippen molar-refractivity contribution in [3.63, 3.8) is 0 Å². The number of phenolic OH excluding ortho intramolecular Hbond substituents is 1. The summed E-state index contributed by atoms with van der Waals surface area (Å²) in [5.74, 6) is 0.300. The molecule has 0 spiro atoms. The van der Waals surface area contributed by atoms with Gasteiger partial charge in [-0.1, -0.05) is 59.7 Å². The van der Waals surface area contributed by atoms with Crippen LogP contribution in [0.3, 0.4) is 0 Å². The van der Waals surface area contributed by atoms with E-state index >= 15 is 0 Å². The average Bonchev–Trinajstić information content (AvgIpc) is 2.47. The van der Waals surface area contributed by atoms with Gasteiger partial charge < -0.3 is 15.7 Å². The Bertz CT molecular complexity index is 719. The molecular weight excluding hydrogens is 312 g/mol. The second-order valence-electron chi connectivity index (χ2n) is 8.37. The summed E-state index contributed by atoms with van der Waals surface area (Å²) in [6.07, 6.45) is 0. The Labute approximate surface area is 150 Å². The predicted octanol–water partition coefficient (Wildman–Crippen LogP) is 5.63. The second kappa shape index (κ2) is 6.79. The van der Waals surface area contributed by atoms with Crippen molar-refractivity contribution in [2.24, 2.45) is 0 Å². The highest BCUT2D eigenvalue weighted by atomic mass is 16.3. The summed E-state index contributed by atoms with van der Waals surface area (Å²) >= 11 is 0. The van der Waals surface area contributed by atoms with Crippen molar-refractivity contribution in [2.75, 3.05) is 10.6 Å². The van der Waals surface area contributed by atoms with Crippen LogP contribution in [-0.2, 0) is 10.8 Å². The van der Waals surface area contributed by atoms with Crippen LogP contribution in [0.1, 0.15) is 52.7 Å². The number of para-hydroxylation sites is 1. The zero-order chi connectivity index (χ0) is 18.8. The fourth-order valence-electron chi connectivity index (χ4n) is 2.66. The Morgan fingerprint density at radius 1 is 0.800 bits per heavy atom. The minimum Gasteiger partial charge on any atom is -0.507 e. The summed E-state index contributed by atoms with van der Waals surface area (Å²) in [6, 6.07) is 12.7. The van der Waals surface area contributed by atoms with Crippen LogP contribution in [0.4, 0.5) is 16.2 Å². The van der Waals surface area contributed by atoms with Crippen molar-refractivity contribution in [3.8, 4) is 5.75 Å². The summed E-state index contributed by atoms with van der Waals surface area (Å²) in [5.41, 5.74) is 2.55. The Hall–Kier alpha value is -2.49. The summed E-state index contributed by atoms with van der Waals surface area (Å²) in [5, 5.41) is 16.4. The van der Waals surface area contributed by atoms with Crippen LogP contribution >= 0.6 is 0 Å². The molecule has 0 heterocycles. The summed E-state index contributed by atoms with van der Waals surface area (Å²) < 4.78 is 0. The van der Waals surface area contributed by atoms with Crippen molar-refractivity contribution in [1.29, 1.82) is 0 Å². The topological polar surface area (TPSA) is 61.4 Å². The number of amides is 2. The molecule has 0 unspecified atom stereocenters. The van der Waals surface area contributed by atoms with E-state index in [1.807, 2.05) is 84.0 Å². The minimum atomic E-state index is -0.309. The Morgan fingerprint density at radius 2 is 1.24 bits per heavy atom. The molecular formula is C21H28N2O2. The van der Waals surface area contributed by atoms with Gasteiger partial charge in [0.25, 0.3) is 0 Å². The number of phenols is 1. The number of hydrogen-bond donors (Lipinski definition) is 3. The van der Waals surface area contributed by atoms with Gasteiger partial charge in [-0.15, -0.1) is 0 Å². The van der Waals surface area contributed by atoms with E-state index in [9.17, 15) is 9.90 Å². The number of benzene rings is 2. The van der Waals surface area contributed by atoms with Crippen LogP contribution in [0.25, 0.3) is 0 Å². The third kappa shape index (κ3) is 4.75. The molecule has 0 aliphatic rings. The quantitative estimate of drug-likeness (QED) is 0.620. The second-order valence-corrected chi connectivity index (χ2v) is 8.37. The number of carbonyl (C=O) groups is 1. The SMILES string of the molecule is CC(C)(C)c1cc(NC(=O)Nc2ccccc2)cc(C(C)(C)C)c1O. The van der Waals surface area contributed by atoms with Gasteiger partial charge in [0.15, 0.2) is 0 Å². The largest absolute Gasteiger partial charge is 0.507 e. The van der Waals surface area contributed by atoms with Gasteiger partial charge >= 0.3 is 6.03 Å². The lowest BCUT2D eigenvalue weighted by Gasteiger charge is -2.28. The van der Waals surface area contributed by atoms with E-state index in [-0.39, 0.29) is 16.9 Å². The lowest BCUT2D eigenvalue weighted by molar-refractivity contribution is 0.262. The lowest BCUT2D eigenvalue weighted by Crippen LogP contribution is -2.22. The van der Waals surface area contributed by atoms with E-state index in [1.165, 1.54) is 0 Å². The van der Waals surface area contributed by atoms with Gasteiger partial charge in [0.2, 0.25) is 0 Å². The number of carbonyl (C=O) groups excluding carboxylic acids is 1. The van der Waals surface area contributed by atoms with Crippen LogP contribution in [0, 0.1) is 0 Å². The maximum absolute atomic E-state index is 12.3. The Kier molecular flexibility index (Phi) is 5.12. The molecule has 3 N–H and O–H groups in total. The molecule has 2 aromatic carbocycles. The van der Waals surface area contributed by atoms with Crippen molar-refractivity contribution in [2.45, 2.75) is 52.4 Å². The van der Waals surface area contributed by atoms with Gasteiger partial charge in [-0.2, -0.15) is 0 Å². The molecule has 0 bridgehead atoms. The summed E-state index contributed by atoms with van der Waals surface area (Å²) in [4.78, 5) is 12.3. The highest BCUT2D eigenvalue weighted by Gasteiger charge is 2.26. The number of anilines is 2. The molecule has 2 aromatic rings. The first-order valence-electron chi connectivity index (χ1n) is 8.49. The Morgan fingerprint density at radius 3 is 1.68 bits per heavy atom. The van der Waals surface area contributed by atoms with E-state index < -0.39 is 0 Å². The highest BCUT2D eigenvalue weighted by Crippen LogP contribution is 2.41. The molecule has 4 heteroatoms. The molecule has 0 radical (unpaired) electrons. The monoisotopic (exact) mass is 340 g/mol. The van der Waals surface area contributed by atoms with Crippen LogP contribution < -0.4 is 10.6 Å². The molecule has 0 saturated carbocycles. The third-order valence-corrected chi connectivity index (χ3v) is 4.02. The van der Waals surface area contributed by atoms with Crippen molar-refractivity contribution in [3.05, 3.63) is 53.6 Å². The van der Waals surface area contributed by atoms with E-state index in [0.29, 0.717) is 11.4 Å². The predicted molar refractivity (Wildman–Crippen MR) is 105 cm³/mol. The summed E-state index contributed by atoms with van der Waals surface area (Å²) in [6.45, 7) is 12.3. The Balaban J connectivity index is 2.36. The van der Waals surface area contributed by atoms with Crippen LogP contribution in [0.5, 0.6) is 5.75 Å². The molecule has 0 aromatic heterocycles. The normalized spacial score (nSPS) is 11.9. The molecule has 4 nitrogen and oxygen atoms in total. The molecule has 2 rings (SSSR count). The van der Waals surface area contributed by atoms with E-state index in [0.717, 1.165) is 16.8 Å². The van der Waals surface area contributed by atoms with Crippen LogP contribution in [0.15, 0.2) is 42.5 Å². The molecule has 0 atom stereocenters. The number of aromatic hydroxyl groups is 1. The van der Waals surface area contributed by atoms with Crippen molar-refractivity contribution >= 4 is 17.4 Å². The van der Waals surface area contributed by atoms with E-state index in [2.05, 4.69) is 10.6 Å². The lowest BCUT2D eigenvalue weighted by atomic mass is 9.79. The zero-order valence-electron chi connectivity index (χ0n) is 15.9. The van der Waals surface area contributed by atoms with E-state index in [4.69, 9.17) is 0 Å². The fourth-order valence-corrected chi connectivity index (χ4v) is 2.66. The number of nitrogens with one attached hydrogen (secondary N) is 2. The molecule has 0 aliphatic heterocycles. The number of hydrogen-bond acceptors (Lipinski definition) is 2. The number of urea groups is 1. The van der Waals surface area contributed by atoms with Crippen molar-refractivity contribution in [1.82, 2.24) is 0 Å². The van der Waals surface area contributed by atoms with Gasteiger partial charge in [-0.3, -0.25) is 0 Å². The first kappa shape index (κ1) is 18.8. The smallest absolute Gasteiger partial charge is 0.323 e. The van der Waals surface area contributed by atoms with Gasteiger partial charge in [-0.25, -0.2) is 4.79 Å². The molecule has 134 valence electrons. The van der Waals surface area contributed by atoms with Gasteiger partial charge in [0.1, 0.15) is 5.75 Å². The fraction of sp³-hybridized carbons (Fsp3) is 0.381. The van der Waals surface area contributed by atoms with Gasteiger partial charge in [0.05, 0.1) is 0 Å². The van der Waals surface area contributed by atoms with Crippen LogP contribution in [0.2, 0.25) is 0 Å². The third-order valence-electron chi connectivity index (χ3n) is 4.02. The molecule has 0 saturated heterocycles. The van der Waals surface area contributed by atoms with E-state index in [1.54, 1.807) is 0 Å². The average molecular weight is 340 g/mol. The number of rotatable bonds is 2. The van der Waals surface area contributed by atoms with Gasteiger partial charge in [-0.05, 0) is 35.1 Å². The van der Waals surface area contributed by atoms with Gasteiger partial charge in [0, 0.05) is 22.5 Å². The maximum Gasteiger partial charge on any atom is 0.323 e. The summed E-state index contributed by atoms with van der Waals surface area (Å²) in [7, 11) is 0. The maximum atomic E-state index is 12.3. The molecule has 25 heavy (non-hydrogen) atoms.